The molecule has 1 aliphatic rings. The summed E-state index contributed by atoms with van der Waals surface area (Å²) in [5.74, 6) is -0.308. The van der Waals surface area contributed by atoms with Gasteiger partial charge in [-0.05, 0) is 60.2 Å². The lowest BCUT2D eigenvalue weighted by Crippen LogP contribution is -2.33. The van der Waals surface area contributed by atoms with Crippen LogP contribution in [-0.4, -0.2) is 24.4 Å². The molecule has 0 saturated heterocycles. The topological polar surface area (TPSA) is 32.3 Å². The van der Waals surface area contributed by atoms with Crippen LogP contribution in [0.4, 0.5) is 23.2 Å². The molecular weight excluding hydrogens is 480 g/mol. The minimum absolute atomic E-state index is 0.185. The third-order valence-corrected chi connectivity index (χ3v) is 6.46. The Labute approximate surface area is 206 Å². The highest BCUT2D eigenvalue weighted by Crippen LogP contribution is 2.49. The first-order valence-electron chi connectivity index (χ1n) is 11.3. The fourth-order valence-corrected chi connectivity index (χ4v) is 4.20. The van der Waals surface area contributed by atoms with E-state index in [1.165, 1.54) is 6.07 Å². The monoisotopic (exact) mass is 504 g/mol. The van der Waals surface area contributed by atoms with Crippen molar-refractivity contribution in [1.29, 1.82) is 0 Å². The van der Waals surface area contributed by atoms with Crippen molar-refractivity contribution in [2.24, 2.45) is 0 Å². The van der Waals surface area contributed by atoms with E-state index in [2.05, 4.69) is 5.32 Å². The van der Waals surface area contributed by atoms with Crippen molar-refractivity contribution >= 4 is 23.2 Å². The van der Waals surface area contributed by atoms with E-state index in [-0.39, 0.29) is 25.4 Å². The Bertz CT molecular complexity index is 1210. The molecule has 0 atom stereocenters. The van der Waals surface area contributed by atoms with Gasteiger partial charge in [0.15, 0.2) is 0 Å². The Hall–Kier alpha value is -3.06. The molecule has 0 aromatic heterocycles. The van der Waals surface area contributed by atoms with E-state index in [1.807, 2.05) is 0 Å². The summed E-state index contributed by atoms with van der Waals surface area (Å²) >= 11 is 6.14. The van der Waals surface area contributed by atoms with Crippen molar-refractivity contribution in [2.45, 2.75) is 37.7 Å². The van der Waals surface area contributed by atoms with Crippen LogP contribution < -0.4 is 5.32 Å². The summed E-state index contributed by atoms with van der Waals surface area (Å²) in [5, 5.41) is 3.37. The molecule has 1 fully saturated rings. The number of alkyl halides is 4. The van der Waals surface area contributed by atoms with Crippen LogP contribution in [0.25, 0.3) is 0 Å². The average Bonchev–Trinajstić information content (AvgIpc) is 3.59. The second kappa shape index (κ2) is 9.90. The van der Waals surface area contributed by atoms with Gasteiger partial charge < -0.3 is 10.2 Å². The zero-order chi connectivity index (χ0) is 25.2. The molecule has 1 saturated carbocycles. The maximum Gasteiger partial charge on any atom is 0.416 e. The molecule has 0 aliphatic heterocycles. The van der Waals surface area contributed by atoms with E-state index in [4.69, 9.17) is 11.6 Å². The van der Waals surface area contributed by atoms with Crippen LogP contribution in [0.15, 0.2) is 66.7 Å². The summed E-state index contributed by atoms with van der Waals surface area (Å²) in [6, 6.07) is 17.1. The van der Waals surface area contributed by atoms with Gasteiger partial charge in [-0.2, -0.15) is 13.2 Å². The van der Waals surface area contributed by atoms with Gasteiger partial charge in [-0.3, -0.25) is 4.79 Å². The number of carbonyl (C=O) groups is 1. The quantitative estimate of drug-likeness (QED) is 0.328. The SMILES string of the molecule is CNc1ccc(Cl)cc1C(=O)N(CCc1cccc(C(F)(F)F)c1)Cc1ccc(C2(F)CC2)cc1. The van der Waals surface area contributed by atoms with E-state index >= 15 is 0 Å². The third kappa shape index (κ3) is 5.96. The molecular formula is C27H25ClF4N2O. The highest BCUT2D eigenvalue weighted by atomic mass is 35.5. The Morgan fingerprint density at radius 3 is 2.37 bits per heavy atom. The molecule has 184 valence electrons. The van der Waals surface area contributed by atoms with Gasteiger partial charge in [0, 0.05) is 30.8 Å². The van der Waals surface area contributed by atoms with Crippen molar-refractivity contribution < 1.29 is 22.4 Å². The fourth-order valence-electron chi connectivity index (χ4n) is 4.03. The molecule has 0 unspecified atom stereocenters. The van der Waals surface area contributed by atoms with Gasteiger partial charge >= 0.3 is 6.18 Å². The van der Waals surface area contributed by atoms with Crippen LogP contribution in [0.1, 0.15) is 45.5 Å². The van der Waals surface area contributed by atoms with Crippen molar-refractivity contribution in [3.05, 3.63) is 99.6 Å². The summed E-state index contributed by atoms with van der Waals surface area (Å²) in [6.07, 6.45) is -3.19. The number of benzene rings is 3. The van der Waals surface area contributed by atoms with Crippen LogP contribution in [0.5, 0.6) is 0 Å². The molecule has 1 aliphatic carbocycles. The number of carbonyl (C=O) groups excluding carboxylic acids is 1. The molecule has 4 rings (SSSR count). The van der Waals surface area contributed by atoms with Crippen LogP contribution in [0.3, 0.4) is 0 Å². The van der Waals surface area contributed by atoms with Crippen molar-refractivity contribution in [1.82, 2.24) is 4.90 Å². The van der Waals surface area contributed by atoms with Crippen LogP contribution in [0, 0.1) is 0 Å². The standard InChI is InChI=1S/C27H25ClF4N2O/c1-33-24-10-9-22(28)16-23(24)25(35)34(14-11-18-3-2-4-21(15-18)27(30,31)32)17-19-5-7-20(8-6-19)26(29)12-13-26/h2-10,15-16,33H,11-14,17H2,1H3. The average molecular weight is 505 g/mol. The fraction of sp³-hybridized carbons (Fsp3) is 0.296. The van der Waals surface area contributed by atoms with Gasteiger partial charge in [-0.25, -0.2) is 4.39 Å². The zero-order valence-electron chi connectivity index (χ0n) is 19.1. The molecule has 3 aromatic carbocycles. The number of halogens is 5. The van der Waals surface area contributed by atoms with E-state index < -0.39 is 17.4 Å². The molecule has 0 spiro atoms. The number of rotatable bonds is 8. The Kier molecular flexibility index (Phi) is 7.08. The second-order valence-electron chi connectivity index (χ2n) is 8.78. The maximum atomic E-state index is 14.4. The number of hydrogen-bond donors (Lipinski definition) is 1. The lowest BCUT2D eigenvalue weighted by molar-refractivity contribution is -0.137. The van der Waals surface area contributed by atoms with E-state index in [0.29, 0.717) is 40.2 Å². The Morgan fingerprint density at radius 1 is 1.03 bits per heavy atom. The number of nitrogens with zero attached hydrogens (tertiary/aromatic N) is 1. The normalized spacial score (nSPS) is 14.5. The smallest absolute Gasteiger partial charge is 0.387 e. The van der Waals surface area contributed by atoms with Gasteiger partial charge in [-0.15, -0.1) is 0 Å². The summed E-state index contributed by atoms with van der Waals surface area (Å²) in [5.41, 5.74) is 0.865. The molecule has 1 amide bonds. The third-order valence-electron chi connectivity index (χ3n) is 6.23. The first-order chi connectivity index (χ1) is 16.6. The Balaban J connectivity index is 1.59. The number of nitrogens with one attached hydrogen (secondary N) is 1. The predicted molar refractivity (Wildman–Crippen MR) is 129 cm³/mol. The molecule has 0 radical (unpaired) electrons. The van der Waals surface area contributed by atoms with Gasteiger partial charge in [0.1, 0.15) is 5.67 Å². The minimum Gasteiger partial charge on any atom is -0.387 e. The lowest BCUT2D eigenvalue weighted by Gasteiger charge is -2.25. The number of amides is 1. The largest absolute Gasteiger partial charge is 0.416 e. The van der Waals surface area contributed by atoms with Gasteiger partial charge in [0.2, 0.25) is 0 Å². The Morgan fingerprint density at radius 2 is 1.74 bits per heavy atom. The molecule has 35 heavy (non-hydrogen) atoms. The number of hydrogen-bond acceptors (Lipinski definition) is 2. The van der Waals surface area contributed by atoms with Crippen LogP contribution in [0.2, 0.25) is 5.02 Å². The minimum atomic E-state index is -4.44. The van der Waals surface area contributed by atoms with Crippen LogP contribution >= 0.6 is 11.6 Å². The molecule has 1 N–H and O–H groups in total. The maximum absolute atomic E-state index is 14.4. The first-order valence-corrected chi connectivity index (χ1v) is 11.7. The highest BCUT2D eigenvalue weighted by Gasteiger charge is 2.44. The highest BCUT2D eigenvalue weighted by molar-refractivity contribution is 6.31. The van der Waals surface area contributed by atoms with Gasteiger partial charge in [0.05, 0.1) is 11.1 Å². The van der Waals surface area contributed by atoms with Crippen molar-refractivity contribution in [3.8, 4) is 0 Å². The van der Waals surface area contributed by atoms with Crippen LogP contribution in [-0.2, 0) is 24.8 Å². The van der Waals surface area contributed by atoms with E-state index in [1.54, 1.807) is 60.5 Å². The summed E-state index contributed by atoms with van der Waals surface area (Å²) in [6.45, 7) is 0.400. The summed E-state index contributed by atoms with van der Waals surface area (Å²) < 4.78 is 53.8. The van der Waals surface area contributed by atoms with Gasteiger partial charge in [-0.1, -0.05) is 54.1 Å². The summed E-state index contributed by atoms with van der Waals surface area (Å²) in [7, 11) is 1.69. The van der Waals surface area contributed by atoms with Crippen molar-refractivity contribution in [2.75, 3.05) is 18.9 Å². The molecule has 8 heteroatoms. The molecule has 0 heterocycles. The first kappa shape index (κ1) is 25.0. The van der Waals surface area contributed by atoms with E-state index in [9.17, 15) is 22.4 Å². The molecule has 0 bridgehead atoms. The zero-order valence-corrected chi connectivity index (χ0v) is 19.9. The second-order valence-corrected chi connectivity index (χ2v) is 9.21. The predicted octanol–water partition coefficient (Wildman–Crippen LogP) is 7.24. The summed E-state index contributed by atoms with van der Waals surface area (Å²) in [4.78, 5) is 15.1. The van der Waals surface area contributed by atoms with Crippen molar-refractivity contribution in [3.63, 3.8) is 0 Å². The van der Waals surface area contributed by atoms with Gasteiger partial charge in [0.25, 0.3) is 5.91 Å². The number of anilines is 1. The van der Waals surface area contributed by atoms with E-state index in [0.717, 1.165) is 17.7 Å². The lowest BCUT2D eigenvalue weighted by atomic mass is 10.0. The molecule has 3 aromatic rings. The molecule has 3 nitrogen and oxygen atoms in total.